The molecule has 0 spiro atoms. The highest BCUT2D eigenvalue weighted by molar-refractivity contribution is 6.09. The minimum absolute atomic E-state index is 0.237. The molecule has 3 aromatic rings. The second kappa shape index (κ2) is 7.07. The molecule has 30 heavy (non-hydrogen) atoms. The molecular formula is C22H25N5O3. The summed E-state index contributed by atoms with van der Waals surface area (Å²) < 4.78 is 7.08. The lowest BCUT2D eigenvalue weighted by Crippen LogP contribution is -2.37. The van der Waals surface area contributed by atoms with E-state index in [4.69, 9.17) is 4.74 Å². The Balaban J connectivity index is 1.54. The van der Waals surface area contributed by atoms with Gasteiger partial charge < -0.3 is 20.1 Å². The lowest BCUT2D eigenvalue weighted by molar-refractivity contribution is 0.0666. The first-order valence-corrected chi connectivity index (χ1v) is 10.2. The number of aliphatic hydroxyl groups is 1. The molecule has 1 aliphatic carbocycles. The fourth-order valence-electron chi connectivity index (χ4n) is 4.41. The molecule has 8 nitrogen and oxygen atoms in total. The summed E-state index contributed by atoms with van der Waals surface area (Å²) in [5.74, 6) is -0.254. The molecule has 2 N–H and O–H groups in total. The van der Waals surface area contributed by atoms with Gasteiger partial charge in [-0.25, -0.2) is 9.50 Å². The highest BCUT2D eigenvalue weighted by Crippen LogP contribution is 2.48. The second-order valence-electron chi connectivity index (χ2n) is 8.64. The predicted molar refractivity (Wildman–Crippen MR) is 113 cm³/mol. The molecule has 2 aromatic heterocycles. The van der Waals surface area contributed by atoms with Crippen molar-refractivity contribution in [1.29, 1.82) is 0 Å². The summed E-state index contributed by atoms with van der Waals surface area (Å²) in [7, 11) is 0. The number of amides is 1. The first-order chi connectivity index (χ1) is 14.4. The minimum Gasteiger partial charge on any atom is -0.388 e. The van der Waals surface area contributed by atoms with Gasteiger partial charge in [0.25, 0.3) is 5.91 Å². The van der Waals surface area contributed by atoms with Crippen LogP contribution in [0.2, 0.25) is 0 Å². The molecule has 3 heterocycles. The summed E-state index contributed by atoms with van der Waals surface area (Å²) in [6, 6.07) is 5.81. The number of rotatable bonds is 3. The van der Waals surface area contributed by atoms with Gasteiger partial charge in [-0.05, 0) is 41.2 Å². The monoisotopic (exact) mass is 407 g/mol. The zero-order chi connectivity index (χ0) is 20.9. The number of carbonyl (C=O) groups excluding carboxylic acids is 1. The van der Waals surface area contributed by atoms with Crippen LogP contribution in [-0.4, -0.2) is 51.9 Å². The number of aromatic nitrogens is 3. The summed E-state index contributed by atoms with van der Waals surface area (Å²) in [4.78, 5) is 19.6. The number of fused-ring (bicyclic) bond motifs is 2. The lowest BCUT2D eigenvalue weighted by atomic mass is 9.87. The smallest absolute Gasteiger partial charge is 0.261 e. The third-order valence-corrected chi connectivity index (χ3v) is 6.06. The van der Waals surface area contributed by atoms with Crippen molar-refractivity contribution in [2.45, 2.75) is 26.4 Å². The molecule has 1 saturated heterocycles. The maximum Gasteiger partial charge on any atom is 0.261 e. The van der Waals surface area contributed by atoms with Gasteiger partial charge in [-0.3, -0.25) is 4.79 Å². The van der Waals surface area contributed by atoms with Crippen molar-refractivity contribution >= 4 is 22.9 Å². The van der Waals surface area contributed by atoms with E-state index in [0.717, 1.165) is 42.0 Å². The number of morpholine rings is 1. The van der Waals surface area contributed by atoms with Gasteiger partial charge in [-0.2, -0.15) is 5.10 Å². The van der Waals surface area contributed by atoms with Crippen molar-refractivity contribution in [3.8, 4) is 0 Å². The Morgan fingerprint density at radius 2 is 2.10 bits per heavy atom. The number of benzene rings is 1. The molecule has 1 fully saturated rings. The number of nitrogens with one attached hydrogen (secondary N) is 1. The van der Waals surface area contributed by atoms with Crippen molar-refractivity contribution in [3.63, 3.8) is 0 Å². The predicted octanol–water partition coefficient (Wildman–Crippen LogP) is 2.43. The van der Waals surface area contributed by atoms with E-state index in [1.54, 1.807) is 23.0 Å². The summed E-state index contributed by atoms with van der Waals surface area (Å²) in [5, 5.41) is 18.1. The summed E-state index contributed by atoms with van der Waals surface area (Å²) in [5.41, 5.74) is 4.35. The van der Waals surface area contributed by atoms with Gasteiger partial charge in [0.05, 0.1) is 36.9 Å². The summed E-state index contributed by atoms with van der Waals surface area (Å²) in [6.07, 6.45) is 5.17. The number of anilines is 2. The maximum atomic E-state index is 13.1. The molecule has 1 aromatic carbocycles. The van der Waals surface area contributed by atoms with Crippen LogP contribution >= 0.6 is 0 Å². The van der Waals surface area contributed by atoms with Crippen LogP contribution in [0.3, 0.4) is 0 Å². The quantitative estimate of drug-likeness (QED) is 0.693. The van der Waals surface area contributed by atoms with Crippen molar-refractivity contribution in [3.05, 3.63) is 53.5 Å². The number of hydrogen-bond acceptors (Lipinski definition) is 6. The molecule has 8 heteroatoms. The van der Waals surface area contributed by atoms with Gasteiger partial charge in [-0.1, -0.05) is 13.8 Å². The standard InChI is InChI=1S/C22H25N5O3/c1-22(2)12-14-10-17(18(11-15(14)19(22)28)26-6-8-30-9-7-26)25-21(29)16-13-24-27-5-3-4-23-20(16)27/h3-5,10-11,13,19,28H,6-9,12H2,1-2H3,(H,25,29)/t19-/m0/s1. The largest absolute Gasteiger partial charge is 0.388 e. The van der Waals surface area contributed by atoms with Gasteiger partial charge >= 0.3 is 0 Å². The van der Waals surface area contributed by atoms with Crippen LogP contribution in [0.4, 0.5) is 11.4 Å². The third kappa shape index (κ3) is 3.12. The average molecular weight is 407 g/mol. The Morgan fingerprint density at radius 3 is 2.90 bits per heavy atom. The van der Waals surface area contributed by atoms with E-state index in [9.17, 15) is 9.90 Å². The van der Waals surface area contributed by atoms with E-state index >= 15 is 0 Å². The fraction of sp³-hybridized carbons (Fsp3) is 0.409. The Labute approximate surface area is 174 Å². The van der Waals surface area contributed by atoms with Crippen molar-refractivity contribution in [1.82, 2.24) is 14.6 Å². The van der Waals surface area contributed by atoms with Crippen LogP contribution in [-0.2, 0) is 11.2 Å². The van der Waals surface area contributed by atoms with Crippen LogP contribution < -0.4 is 10.2 Å². The van der Waals surface area contributed by atoms with E-state index in [1.807, 2.05) is 12.1 Å². The molecule has 5 rings (SSSR count). The number of carbonyl (C=O) groups is 1. The molecule has 0 unspecified atom stereocenters. The topological polar surface area (TPSA) is 92.0 Å². The zero-order valence-corrected chi connectivity index (χ0v) is 17.1. The first kappa shape index (κ1) is 19.0. The van der Waals surface area contributed by atoms with Crippen LogP contribution in [0.5, 0.6) is 0 Å². The average Bonchev–Trinajstić information content (AvgIpc) is 3.27. The molecule has 1 aliphatic heterocycles. The highest BCUT2D eigenvalue weighted by atomic mass is 16.5. The Bertz CT molecular complexity index is 1120. The third-order valence-electron chi connectivity index (χ3n) is 6.06. The Kier molecular flexibility index (Phi) is 4.48. The highest BCUT2D eigenvalue weighted by Gasteiger charge is 2.39. The number of nitrogens with zero attached hydrogens (tertiary/aromatic N) is 4. The second-order valence-corrected chi connectivity index (χ2v) is 8.64. The summed E-state index contributed by atoms with van der Waals surface area (Å²) in [6.45, 7) is 6.87. The van der Waals surface area contributed by atoms with Gasteiger partial charge in [0.2, 0.25) is 0 Å². The normalized spacial score (nSPS) is 20.4. The number of aliphatic hydroxyl groups excluding tert-OH is 1. The molecule has 1 amide bonds. The maximum absolute atomic E-state index is 13.1. The minimum atomic E-state index is -0.527. The van der Waals surface area contributed by atoms with E-state index in [-0.39, 0.29) is 11.3 Å². The van der Waals surface area contributed by atoms with Crippen molar-refractivity contribution < 1.29 is 14.6 Å². The summed E-state index contributed by atoms with van der Waals surface area (Å²) >= 11 is 0. The van der Waals surface area contributed by atoms with E-state index in [2.05, 4.69) is 34.1 Å². The zero-order valence-electron chi connectivity index (χ0n) is 17.1. The fourth-order valence-corrected chi connectivity index (χ4v) is 4.41. The Morgan fingerprint density at radius 1 is 1.30 bits per heavy atom. The van der Waals surface area contributed by atoms with Crippen LogP contribution in [0.1, 0.15) is 41.4 Å². The van der Waals surface area contributed by atoms with Gasteiger partial charge in [0, 0.05) is 25.5 Å². The van der Waals surface area contributed by atoms with Crippen molar-refractivity contribution in [2.75, 3.05) is 36.5 Å². The molecular weight excluding hydrogens is 382 g/mol. The SMILES string of the molecule is CC1(C)Cc2cc(NC(=O)c3cnn4cccnc34)c(N3CCOCC3)cc2[C@@H]1O. The first-order valence-electron chi connectivity index (χ1n) is 10.2. The van der Waals surface area contributed by atoms with Crippen molar-refractivity contribution in [2.24, 2.45) is 5.41 Å². The van der Waals surface area contributed by atoms with Crippen LogP contribution in [0.25, 0.3) is 5.65 Å². The Hall–Kier alpha value is -2.97. The molecule has 0 radical (unpaired) electrons. The van der Waals surface area contributed by atoms with Gasteiger partial charge in [0.15, 0.2) is 5.65 Å². The molecule has 1 atom stereocenters. The van der Waals surface area contributed by atoms with Gasteiger partial charge in [0.1, 0.15) is 5.56 Å². The molecule has 156 valence electrons. The number of hydrogen-bond donors (Lipinski definition) is 2. The van der Waals surface area contributed by atoms with E-state index in [1.165, 1.54) is 6.20 Å². The van der Waals surface area contributed by atoms with E-state index in [0.29, 0.717) is 24.4 Å². The van der Waals surface area contributed by atoms with Crippen LogP contribution in [0, 0.1) is 5.41 Å². The van der Waals surface area contributed by atoms with Gasteiger partial charge in [-0.15, -0.1) is 0 Å². The molecule has 0 saturated carbocycles. The molecule has 0 bridgehead atoms. The van der Waals surface area contributed by atoms with Crippen LogP contribution in [0.15, 0.2) is 36.8 Å². The number of ether oxygens (including phenoxy) is 1. The van der Waals surface area contributed by atoms with E-state index < -0.39 is 6.10 Å². The lowest BCUT2D eigenvalue weighted by Gasteiger charge is -2.31. The molecule has 2 aliphatic rings.